The molecular formula is C17H31N3O. The molecule has 120 valence electrons. The number of nitrogens with one attached hydrogen (secondary N) is 1. The standard InChI is InChI=1S/C17H31N3O/c1-4-21-17(11-7-5-6-8-12-17)15(18-2)9-10-16-19-13-14-20(16)3/h13-15,18H,4-12H2,1-3H3. The van der Waals surface area contributed by atoms with Gasteiger partial charge in [0, 0.05) is 38.5 Å². The van der Waals surface area contributed by atoms with E-state index in [0.29, 0.717) is 6.04 Å². The first kappa shape index (κ1) is 16.5. The molecule has 0 spiro atoms. The van der Waals surface area contributed by atoms with Crippen molar-refractivity contribution in [3.63, 3.8) is 0 Å². The van der Waals surface area contributed by atoms with Crippen molar-refractivity contribution in [3.05, 3.63) is 18.2 Å². The summed E-state index contributed by atoms with van der Waals surface area (Å²) in [5.41, 5.74) is 0.0190. The van der Waals surface area contributed by atoms with Crippen LogP contribution in [0.2, 0.25) is 0 Å². The Balaban J connectivity index is 2.05. The highest BCUT2D eigenvalue weighted by Crippen LogP contribution is 2.35. The number of imidazole rings is 1. The predicted octanol–water partition coefficient (Wildman–Crippen LogP) is 3.07. The summed E-state index contributed by atoms with van der Waals surface area (Å²) in [5.74, 6) is 1.16. The lowest BCUT2D eigenvalue weighted by atomic mass is 9.83. The molecule has 1 fully saturated rings. The number of aromatic nitrogens is 2. The monoisotopic (exact) mass is 293 g/mol. The third-order valence-electron chi connectivity index (χ3n) is 4.94. The fourth-order valence-corrected chi connectivity index (χ4v) is 3.79. The van der Waals surface area contributed by atoms with Gasteiger partial charge in [0.2, 0.25) is 0 Å². The SMILES string of the molecule is CCOC1(C(CCc2nccn2C)NC)CCCCCC1. The van der Waals surface area contributed by atoms with Crippen molar-refractivity contribution >= 4 is 0 Å². The zero-order valence-corrected chi connectivity index (χ0v) is 13.9. The molecule has 1 N–H and O–H groups in total. The number of ether oxygens (including phenoxy) is 1. The smallest absolute Gasteiger partial charge is 0.108 e. The van der Waals surface area contributed by atoms with Gasteiger partial charge in [-0.15, -0.1) is 0 Å². The zero-order chi connectivity index (χ0) is 15.1. The number of aryl methyl sites for hydroxylation is 2. The Morgan fingerprint density at radius 2 is 2.05 bits per heavy atom. The van der Waals surface area contributed by atoms with Gasteiger partial charge in [-0.3, -0.25) is 0 Å². The minimum absolute atomic E-state index is 0.0190. The highest BCUT2D eigenvalue weighted by atomic mass is 16.5. The summed E-state index contributed by atoms with van der Waals surface area (Å²) in [6.07, 6.45) is 13.7. The summed E-state index contributed by atoms with van der Waals surface area (Å²) in [5, 5.41) is 3.55. The number of hydrogen-bond acceptors (Lipinski definition) is 3. The molecule has 21 heavy (non-hydrogen) atoms. The Kier molecular flexibility index (Phi) is 6.24. The van der Waals surface area contributed by atoms with Gasteiger partial charge in [-0.2, -0.15) is 0 Å². The first-order valence-corrected chi connectivity index (χ1v) is 8.49. The lowest BCUT2D eigenvalue weighted by Gasteiger charge is -2.40. The van der Waals surface area contributed by atoms with E-state index in [1.165, 1.54) is 38.5 Å². The van der Waals surface area contributed by atoms with Crippen LogP contribution in [0.4, 0.5) is 0 Å². The predicted molar refractivity (Wildman–Crippen MR) is 86.4 cm³/mol. The van der Waals surface area contributed by atoms with Crippen LogP contribution in [0.3, 0.4) is 0 Å². The van der Waals surface area contributed by atoms with E-state index >= 15 is 0 Å². The molecule has 1 unspecified atom stereocenters. The average molecular weight is 293 g/mol. The highest BCUT2D eigenvalue weighted by molar-refractivity contribution is 4.98. The molecule has 2 rings (SSSR count). The third-order valence-corrected chi connectivity index (χ3v) is 4.94. The van der Waals surface area contributed by atoms with Crippen LogP contribution in [-0.2, 0) is 18.2 Å². The molecule has 0 bridgehead atoms. The number of hydrogen-bond donors (Lipinski definition) is 1. The molecule has 0 saturated heterocycles. The van der Waals surface area contributed by atoms with Crippen LogP contribution in [0.15, 0.2) is 12.4 Å². The molecule has 0 aromatic carbocycles. The van der Waals surface area contributed by atoms with E-state index in [9.17, 15) is 0 Å². The van der Waals surface area contributed by atoms with E-state index in [-0.39, 0.29) is 5.60 Å². The van der Waals surface area contributed by atoms with Crippen molar-refractivity contribution in [1.29, 1.82) is 0 Å². The summed E-state index contributed by atoms with van der Waals surface area (Å²) in [6.45, 7) is 2.93. The van der Waals surface area contributed by atoms with E-state index in [4.69, 9.17) is 4.74 Å². The van der Waals surface area contributed by atoms with Crippen molar-refractivity contribution in [2.75, 3.05) is 13.7 Å². The van der Waals surface area contributed by atoms with Crippen molar-refractivity contribution in [2.24, 2.45) is 7.05 Å². The number of likely N-dealkylation sites (N-methyl/N-ethyl adjacent to an activating group) is 1. The molecule has 1 heterocycles. The molecule has 1 aliphatic carbocycles. The lowest BCUT2D eigenvalue weighted by Crippen LogP contribution is -2.51. The van der Waals surface area contributed by atoms with Gasteiger partial charge < -0.3 is 14.6 Å². The highest BCUT2D eigenvalue weighted by Gasteiger charge is 2.38. The van der Waals surface area contributed by atoms with Gasteiger partial charge in [-0.05, 0) is 33.2 Å². The lowest BCUT2D eigenvalue weighted by molar-refractivity contribution is -0.0770. The Morgan fingerprint density at radius 3 is 2.57 bits per heavy atom. The first-order valence-electron chi connectivity index (χ1n) is 8.49. The molecule has 1 aromatic heterocycles. The molecule has 1 aliphatic rings. The Bertz CT molecular complexity index is 408. The molecule has 0 amide bonds. The number of rotatable bonds is 7. The van der Waals surface area contributed by atoms with E-state index in [0.717, 1.165) is 25.3 Å². The van der Waals surface area contributed by atoms with Crippen LogP contribution in [0.1, 0.15) is 57.7 Å². The summed E-state index contributed by atoms with van der Waals surface area (Å²) in [6, 6.07) is 0.409. The van der Waals surface area contributed by atoms with E-state index < -0.39 is 0 Å². The van der Waals surface area contributed by atoms with E-state index in [2.05, 4.69) is 35.9 Å². The summed E-state index contributed by atoms with van der Waals surface area (Å²) >= 11 is 0. The van der Waals surface area contributed by atoms with Gasteiger partial charge in [0.05, 0.1) is 5.60 Å². The summed E-state index contributed by atoms with van der Waals surface area (Å²) in [4.78, 5) is 4.45. The molecule has 1 atom stereocenters. The molecule has 4 nitrogen and oxygen atoms in total. The average Bonchev–Trinajstić information content (AvgIpc) is 2.74. The summed E-state index contributed by atoms with van der Waals surface area (Å²) in [7, 11) is 4.15. The fourth-order valence-electron chi connectivity index (χ4n) is 3.79. The Hall–Kier alpha value is -0.870. The second-order valence-electron chi connectivity index (χ2n) is 6.25. The van der Waals surface area contributed by atoms with Crippen LogP contribution < -0.4 is 5.32 Å². The Labute approximate surface area is 129 Å². The van der Waals surface area contributed by atoms with E-state index in [1.54, 1.807) is 0 Å². The second kappa shape index (κ2) is 7.95. The fraction of sp³-hybridized carbons (Fsp3) is 0.824. The minimum atomic E-state index is 0.0190. The first-order chi connectivity index (χ1) is 10.2. The van der Waals surface area contributed by atoms with Gasteiger partial charge in [-0.1, -0.05) is 25.7 Å². The topological polar surface area (TPSA) is 39.1 Å². The second-order valence-corrected chi connectivity index (χ2v) is 6.25. The van der Waals surface area contributed by atoms with Crippen LogP contribution >= 0.6 is 0 Å². The van der Waals surface area contributed by atoms with Gasteiger partial charge in [0.15, 0.2) is 0 Å². The van der Waals surface area contributed by atoms with Crippen LogP contribution in [-0.4, -0.2) is 34.8 Å². The largest absolute Gasteiger partial charge is 0.374 e. The molecular weight excluding hydrogens is 262 g/mol. The van der Waals surface area contributed by atoms with Crippen LogP contribution in [0, 0.1) is 0 Å². The zero-order valence-electron chi connectivity index (χ0n) is 13.9. The van der Waals surface area contributed by atoms with Gasteiger partial charge in [0.25, 0.3) is 0 Å². The normalized spacial score (nSPS) is 20.1. The molecule has 1 aromatic rings. The van der Waals surface area contributed by atoms with Gasteiger partial charge in [0.1, 0.15) is 5.82 Å². The van der Waals surface area contributed by atoms with Crippen LogP contribution in [0.5, 0.6) is 0 Å². The molecule has 0 aliphatic heterocycles. The molecule has 1 saturated carbocycles. The van der Waals surface area contributed by atoms with Crippen molar-refractivity contribution in [2.45, 2.75) is 69.9 Å². The molecule has 0 radical (unpaired) electrons. The molecule has 4 heteroatoms. The maximum Gasteiger partial charge on any atom is 0.108 e. The van der Waals surface area contributed by atoms with Gasteiger partial charge >= 0.3 is 0 Å². The van der Waals surface area contributed by atoms with Crippen LogP contribution in [0.25, 0.3) is 0 Å². The number of nitrogens with zero attached hydrogens (tertiary/aromatic N) is 2. The minimum Gasteiger partial charge on any atom is -0.374 e. The van der Waals surface area contributed by atoms with Gasteiger partial charge in [-0.25, -0.2) is 4.98 Å². The quantitative estimate of drug-likeness (QED) is 0.785. The summed E-state index contributed by atoms with van der Waals surface area (Å²) < 4.78 is 8.43. The maximum absolute atomic E-state index is 6.31. The third kappa shape index (κ3) is 4.07. The van der Waals surface area contributed by atoms with Crippen molar-refractivity contribution < 1.29 is 4.74 Å². The van der Waals surface area contributed by atoms with Crippen molar-refractivity contribution in [1.82, 2.24) is 14.9 Å². The Morgan fingerprint density at radius 1 is 1.33 bits per heavy atom. The van der Waals surface area contributed by atoms with E-state index in [1.807, 2.05) is 12.4 Å². The maximum atomic E-state index is 6.31. The van der Waals surface area contributed by atoms with Crippen molar-refractivity contribution in [3.8, 4) is 0 Å².